The van der Waals surface area contributed by atoms with E-state index in [1.807, 2.05) is 13.8 Å². The second kappa shape index (κ2) is 4.94. The number of hydrogen-bond donors (Lipinski definition) is 3. The van der Waals surface area contributed by atoms with E-state index < -0.39 is 11.6 Å². The van der Waals surface area contributed by atoms with Crippen LogP contribution in [0.3, 0.4) is 0 Å². The Morgan fingerprint density at radius 2 is 1.94 bits per heavy atom. The Hall–Kier alpha value is -1.62. The number of carboxylic acids is 1. The lowest BCUT2D eigenvalue weighted by Gasteiger charge is -2.37. The van der Waals surface area contributed by atoms with Crippen molar-refractivity contribution in [3.63, 3.8) is 0 Å². The molecule has 0 spiro atoms. The summed E-state index contributed by atoms with van der Waals surface area (Å²) < 4.78 is 0. The number of aromatic nitrogens is 1. The molecule has 1 aromatic heterocycles. The molecule has 0 aliphatic heterocycles. The predicted molar refractivity (Wildman–Crippen MR) is 69.8 cm³/mol. The van der Waals surface area contributed by atoms with Gasteiger partial charge in [-0.2, -0.15) is 0 Å². The lowest BCUT2D eigenvalue weighted by molar-refractivity contribution is -0.0270. The average Bonchev–Trinajstić information content (AvgIpc) is 2.25. The van der Waals surface area contributed by atoms with Crippen molar-refractivity contribution in [1.29, 1.82) is 0 Å². The molecule has 0 aromatic carbocycles. The summed E-state index contributed by atoms with van der Waals surface area (Å²) in [6.07, 6.45) is 0. The van der Waals surface area contributed by atoms with Gasteiger partial charge in [-0.3, -0.25) is 0 Å². The molecule has 3 N–H and O–H groups in total. The van der Waals surface area contributed by atoms with Crippen LogP contribution in [0.5, 0.6) is 0 Å². The molecule has 0 saturated carbocycles. The fourth-order valence-corrected chi connectivity index (χ4v) is 1.18. The van der Waals surface area contributed by atoms with E-state index in [-0.39, 0.29) is 11.1 Å². The first-order valence-electron chi connectivity index (χ1n) is 5.80. The van der Waals surface area contributed by atoms with Crippen molar-refractivity contribution in [2.24, 2.45) is 5.41 Å². The van der Waals surface area contributed by atoms with Crippen molar-refractivity contribution in [3.05, 3.63) is 23.9 Å². The molecule has 0 aliphatic carbocycles. The van der Waals surface area contributed by atoms with E-state index in [4.69, 9.17) is 5.11 Å². The number of aromatic carboxylic acids is 1. The van der Waals surface area contributed by atoms with E-state index in [0.717, 1.165) is 0 Å². The van der Waals surface area contributed by atoms with Crippen molar-refractivity contribution in [3.8, 4) is 0 Å². The molecule has 1 heterocycles. The van der Waals surface area contributed by atoms with Gasteiger partial charge in [-0.15, -0.1) is 0 Å². The van der Waals surface area contributed by atoms with Gasteiger partial charge in [0, 0.05) is 12.0 Å². The molecule has 0 bridgehead atoms. The average molecular weight is 252 g/mol. The highest BCUT2D eigenvalue weighted by Crippen LogP contribution is 2.30. The molecule has 0 atom stereocenters. The summed E-state index contributed by atoms with van der Waals surface area (Å²) in [7, 11) is 0. The number of carbonyl (C=O) groups is 1. The lowest BCUT2D eigenvalue weighted by atomic mass is 9.77. The Balaban J connectivity index is 2.75. The maximum Gasteiger partial charge on any atom is 0.354 e. The van der Waals surface area contributed by atoms with Gasteiger partial charge in [0.05, 0.1) is 5.60 Å². The second-order valence-electron chi connectivity index (χ2n) is 5.51. The van der Waals surface area contributed by atoms with Crippen molar-refractivity contribution < 1.29 is 15.0 Å². The maximum atomic E-state index is 10.8. The summed E-state index contributed by atoms with van der Waals surface area (Å²) in [5.74, 6) is -0.562. The number of carboxylic acid groups (broad SMARTS) is 1. The number of hydrogen-bond acceptors (Lipinski definition) is 4. The lowest BCUT2D eigenvalue weighted by Crippen LogP contribution is -2.43. The van der Waals surface area contributed by atoms with E-state index in [0.29, 0.717) is 12.4 Å². The fraction of sp³-hybridized carbons (Fsp3) is 0.538. The van der Waals surface area contributed by atoms with Gasteiger partial charge in [-0.25, -0.2) is 9.78 Å². The molecule has 0 saturated heterocycles. The minimum Gasteiger partial charge on any atom is -0.477 e. The van der Waals surface area contributed by atoms with Crippen molar-refractivity contribution in [2.45, 2.75) is 33.3 Å². The summed E-state index contributed by atoms with van der Waals surface area (Å²) in [5.41, 5.74) is -1.21. The molecule has 0 fully saturated rings. The zero-order valence-corrected chi connectivity index (χ0v) is 11.2. The van der Waals surface area contributed by atoms with E-state index >= 15 is 0 Å². The van der Waals surface area contributed by atoms with E-state index in [1.54, 1.807) is 26.0 Å². The van der Waals surface area contributed by atoms with Gasteiger partial charge in [-0.05, 0) is 26.0 Å². The third-order valence-corrected chi connectivity index (χ3v) is 3.34. The monoisotopic (exact) mass is 252 g/mol. The van der Waals surface area contributed by atoms with Gasteiger partial charge in [-0.1, -0.05) is 19.9 Å². The van der Waals surface area contributed by atoms with E-state index in [9.17, 15) is 9.90 Å². The van der Waals surface area contributed by atoms with Crippen LogP contribution in [0.15, 0.2) is 18.2 Å². The van der Waals surface area contributed by atoms with Crippen LogP contribution >= 0.6 is 0 Å². The molecule has 1 aromatic rings. The molecule has 5 heteroatoms. The van der Waals surface area contributed by atoms with Crippen LogP contribution in [-0.4, -0.2) is 33.3 Å². The molecule has 0 amide bonds. The zero-order chi connectivity index (χ0) is 14.0. The summed E-state index contributed by atoms with van der Waals surface area (Å²) >= 11 is 0. The van der Waals surface area contributed by atoms with Gasteiger partial charge in [0.25, 0.3) is 0 Å². The van der Waals surface area contributed by atoms with Crippen molar-refractivity contribution >= 4 is 11.8 Å². The standard InChI is InChI=1S/C13H20N2O3/c1-12(2,13(3,4)18)8-14-10-7-5-6-9(15-10)11(16)17/h5-7,18H,8H2,1-4H3,(H,14,15)(H,16,17). The Labute approximate surface area is 107 Å². The van der Waals surface area contributed by atoms with Crippen LogP contribution in [0, 0.1) is 5.41 Å². The molecule has 1 rings (SSSR count). The van der Waals surface area contributed by atoms with Crippen LogP contribution in [0.1, 0.15) is 38.2 Å². The smallest absolute Gasteiger partial charge is 0.354 e. The van der Waals surface area contributed by atoms with Gasteiger partial charge < -0.3 is 15.5 Å². The number of pyridine rings is 1. The second-order valence-corrected chi connectivity index (χ2v) is 5.51. The summed E-state index contributed by atoms with van der Waals surface area (Å²) in [6, 6.07) is 4.78. The number of nitrogens with zero attached hydrogens (tertiary/aromatic N) is 1. The van der Waals surface area contributed by atoms with Gasteiger partial charge >= 0.3 is 5.97 Å². The first-order valence-corrected chi connectivity index (χ1v) is 5.80. The van der Waals surface area contributed by atoms with E-state index in [2.05, 4.69) is 10.3 Å². The van der Waals surface area contributed by atoms with Crippen LogP contribution in [0.2, 0.25) is 0 Å². The Kier molecular flexibility index (Phi) is 3.96. The van der Waals surface area contributed by atoms with Crippen molar-refractivity contribution in [1.82, 2.24) is 4.98 Å². The normalized spacial score (nSPS) is 12.3. The Bertz CT molecular complexity index is 436. The topological polar surface area (TPSA) is 82.5 Å². The number of anilines is 1. The number of rotatable bonds is 5. The van der Waals surface area contributed by atoms with Crippen molar-refractivity contribution in [2.75, 3.05) is 11.9 Å². The first-order chi connectivity index (χ1) is 8.13. The largest absolute Gasteiger partial charge is 0.477 e. The number of aliphatic hydroxyl groups is 1. The number of nitrogens with one attached hydrogen (secondary N) is 1. The Morgan fingerprint density at radius 1 is 1.33 bits per heavy atom. The predicted octanol–water partition coefficient (Wildman–Crippen LogP) is 1.99. The van der Waals surface area contributed by atoms with Crippen LogP contribution < -0.4 is 5.32 Å². The molecule has 0 unspecified atom stereocenters. The Morgan fingerprint density at radius 3 is 2.44 bits per heavy atom. The first kappa shape index (κ1) is 14.4. The summed E-state index contributed by atoms with van der Waals surface area (Å²) in [4.78, 5) is 14.7. The molecular formula is C13H20N2O3. The molecule has 0 radical (unpaired) electrons. The van der Waals surface area contributed by atoms with Crippen LogP contribution in [0.25, 0.3) is 0 Å². The molecule has 100 valence electrons. The summed E-state index contributed by atoms with van der Waals surface area (Å²) in [5, 5.41) is 21.9. The van der Waals surface area contributed by atoms with E-state index in [1.165, 1.54) is 6.07 Å². The van der Waals surface area contributed by atoms with Crippen LogP contribution in [-0.2, 0) is 0 Å². The highest BCUT2D eigenvalue weighted by Gasteiger charge is 2.34. The minimum atomic E-state index is -1.06. The summed E-state index contributed by atoms with van der Waals surface area (Å²) in [6.45, 7) is 7.85. The molecular weight excluding hydrogens is 232 g/mol. The minimum absolute atomic E-state index is 0.000986. The third kappa shape index (κ3) is 3.43. The maximum absolute atomic E-state index is 10.8. The quantitative estimate of drug-likeness (QED) is 0.746. The van der Waals surface area contributed by atoms with Gasteiger partial charge in [0.15, 0.2) is 5.69 Å². The molecule has 0 aliphatic rings. The third-order valence-electron chi connectivity index (χ3n) is 3.34. The molecule has 5 nitrogen and oxygen atoms in total. The van der Waals surface area contributed by atoms with Crippen LogP contribution in [0.4, 0.5) is 5.82 Å². The van der Waals surface area contributed by atoms with Gasteiger partial charge in [0.2, 0.25) is 0 Å². The SMILES string of the molecule is CC(C)(O)C(C)(C)CNc1cccc(C(=O)O)n1. The molecule has 18 heavy (non-hydrogen) atoms. The highest BCUT2D eigenvalue weighted by atomic mass is 16.4. The zero-order valence-electron chi connectivity index (χ0n) is 11.2. The fourth-order valence-electron chi connectivity index (χ4n) is 1.18. The van der Waals surface area contributed by atoms with Gasteiger partial charge in [0.1, 0.15) is 5.82 Å². The highest BCUT2D eigenvalue weighted by molar-refractivity contribution is 5.85.